The molecule has 2 bridgehead atoms. The Bertz CT molecular complexity index is 290. The normalized spacial score (nSPS) is 32.5. The van der Waals surface area contributed by atoms with Gasteiger partial charge in [0.25, 0.3) is 0 Å². The van der Waals surface area contributed by atoms with Gasteiger partial charge in [-0.1, -0.05) is 0 Å². The van der Waals surface area contributed by atoms with Crippen LogP contribution in [0.5, 0.6) is 0 Å². The fourth-order valence-electron chi connectivity index (χ4n) is 2.90. The summed E-state index contributed by atoms with van der Waals surface area (Å²) < 4.78 is 5.40. The van der Waals surface area contributed by atoms with Crippen molar-refractivity contribution in [1.29, 1.82) is 0 Å². The molecule has 0 unspecified atom stereocenters. The van der Waals surface area contributed by atoms with E-state index in [0.29, 0.717) is 11.5 Å². The molecule has 0 radical (unpaired) electrons. The van der Waals surface area contributed by atoms with Crippen LogP contribution < -0.4 is 5.73 Å². The van der Waals surface area contributed by atoms with Crippen molar-refractivity contribution in [3.8, 4) is 0 Å². The minimum Gasteiger partial charge on any atom is -0.444 e. The number of carbonyl (C=O) groups is 1. The number of rotatable bonds is 2. The maximum atomic E-state index is 11.9. The molecule has 1 amide bonds. The predicted molar refractivity (Wildman–Crippen MR) is 62.1 cm³/mol. The van der Waals surface area contributed by atoms with Crippen LogP contribution in [0.3, 0.4) is 0 Å². The third-order valence-corrected chi connectivity index (χ3v) is 3.59. The van der Waals surface area contributed by atoms with Gasteiger partial charge in [-0.25, -0.2) is 4.79 Å². The minimum absolute atomic E-state index is 0.158. The molecular weight excluding hydrogens is 204 g/mol. The van der Waals surface area contributed by atoms with E-state index in [4.69, 9.17) is 10.5 Å². The molecule has 3 fully saturated rings. The molecule has 2 aliphatic heterocycles. The lowest BCUT2D eigenvalue weighted by atomic mass is 9.68. The maximum absolute atomic E-state index is 11.9. The van der Waals surface area contributed by atoms with E-state index in [-0.39, 0.29) is 6.09 Å². The van der Waals surface area contributed by atoms with E-state index < -0.39 is 5.60 Å². The Kier molecular flexibility index (Phi) is 2.65. The van der Waals surface area contributed by atoms with Gasteiger partial charge >= 0.3 is 6.09 Å². The first-order valence-corrected chi connectivity index (χ1v) is 6.05. The number of hydrogen-bond donors (Lipinski definition) is 1. The van der Waals surface area contributed by atoms with Gasteiger partial charge in [0, 0.05) is 12.6 Å². The van der Waals surface area contributed by atoms with Gasteiger partial charge < -0.3 is 15.4 Å². The van der Waals surface area contributed by atoms with Crippen LogP contribution in [0.25, 0.3) is 0 Å². The highest BCUT2D eigenvalue weighted by Gasteiger charge is 2.56. The lowest BCUT2D eigenvalue weighted by molar-refractivity contribution is 0.0244. The summed E-state index contributed by atoms with van der Waals surface area (Å²) in [5.74, 6) is 0. The summed E-state index contributed by atoms with van der Waals surface area (Å²) in [6.45, 7) is 7.27. The van der Waals surface area contributed by atoms with E-state index in [1.54, 1.807) is 0 Å². The van der Waals surface area contributed by atoms with Crippen molar-refractivity contribution in [3.05, 3.63) is 0 Å². The molecule has 0 aromatic carbocycles. The van der Waals surface area contributed by atoms with Crippen molar-refractivity contribution in [2.24, 2.45) is 11.1 Å². The van der Waals surface area contributed by atoms with E-state index >= 15 is 0 Å². The summed E-state index contributed by atoms with van der Waals surface area (Å²) in [6.07, 6.45) is 3.10. The number of nitrogens with zero attached hydrogens (tertiary/aromatic N) is 1. The van der Waals surface area contributed by atoms with Gasteiger partial charge in [-0.2, -0.15) is 0 Å². The largest absolute Gasteiger partial charge is 0.444 e. The average molecular weight is 226 g/mol. The molecule has 2 saturated heterocycles. The molecular formula is C12H22N2O2. The van der Waals surface area contributed by atoms with Crippen molar-refractivity contribution in [2.45, 2.75) is 51.7 Å². The summed E-state index contributed by atoms with van der Waals surface area (Å²) in [6, 6.07) is 0.404. The Hall–Kier alpha value is -0.770. The fraction of sp³-hybridized carbons (Fsp3) is 0.917. The fourth-order valence-corrected chi connectivity index (χ4v) is 2.90. The van der Waals surface area contributed by atoms with Crippen LogP contribution in [-0.2, 0) is 4.74 Å². The number of hydrogen-bond acceptors (Lipinski definition) is 3. The van der Waals surface area contributed by atoms with Gasteiger partial charge in [-0.3, -0.25) is 0 Å². The third kappa shape index (κ3) is 2.03. The Morgan fingerprint density at radius 1 is 1.50 bits per heavy atom. The molecule has 0 spiro atoms. The standard InChI is InChI=1S/C12H22N2O2/c1-11(2,3)16-10(15)14-8-12(4-5-13)6-9(14)7-12/h9H,4-8,13H2,1-3H3. The quantitative estimate of drug-likeness (QED) is 0.780. The summed E-state index contributed by atoms with van der Waals surface area (Å²) in [5.41, 5.74) is 5.52. The molecule has 1 saturated carbocycles. The van der Waals surface area contributed by atoms with Crippen LogP contribution in [0, 0.1) is 5.41 Å². The Labute approximate surface area is 97.1 Å². The topological polar surface area (TPSA) is 55.6 Å². The number of amides is 1. The van der Waals surface area contributed by atoms with Crippen LogP contribution in [0.4, 0.5) is 4.79 Å². The van der Waals surface area contributed by atoms with Crippen LogP contribution in [0.15, 0.2) is 0 Å². The second kappa shape index (κ2) is 3.62. The first kappa shape index (κ1) is 11.7. The number of nitrogens with two attached hydrogens (primary N) is 1. The monoisotopic (exact) mass is 226 g/mol. The lowest BCUT2D eigenvalue weighted by Crippen LogP contribution is -2.39. The molecule has 0 aromatic heterocycles. The van der Waals surface area contributed by atoms with Gasteiger partial charge in [-0.05, 0) is 52.0 Å². The number of carbonyl (C=O) groups excluding carboxylic acids is 1. The minimum atomic E-state index is -0.398. The molecule has 4 nitrogen and oxygen atoms in total. The Balaban J connectivity index is 1.92. The van der Waals surface area contributed by atoms with Gasteiger partial charge in [0.05, 0.1) is 0 Å². The van der Waals surface area contributed by atoms with Crippen LogP contribution in [-0.4, -0.2) is 35.7 Å². The van der Waals surface area contributed by atoms with Crippen LogP contribution >= 0.6 is 0 Å². The number of fused-ring (bicyclic) bond motifs is 1. The first-order chi connectivity index (χ1) is 7.35. The second-order valence-corrected chi connectivity index (χ2v) is 6.21. The molecule has 0 aromatic rings. The smallest absolute Gasteiger partial charge is 0.410 e. The van der Waals surface area contributed by atoms with E-state index in [1.807, 2.05) is 25.7 Å². The van der Waals surface area contributed by atoms with Crippen molar-refractivity contribution >= 4 is 6.09 Å². The predicted octanol–water partition coefficient (Wildman–Crippen LogP) is 1.73. The highest BCUT2D eigenvalue weighted by atomic mass is 16.6. The zero-order valence-corrected chi connectivity index (χ0v) is 10.5. The summed E-state index contributed by atoms with van der Waals surface area (Å²) in [7, 11) is 0. The zero-order chi connectivity index (χ0) is 12.0. The van der Waals surface area contributed by atoms with Crippen molar-refractivity contribution in [1.82, 2.24) is 4.90 Å². The summed E-state index contributed by atoms with van der Waals surface area (Å²) in [5, 5.41) is 0. The van der Waals surface area contributed by atoms with Crippen molar-refractivity contribution in [3.63, 3.8) is 0 Å². The Morgan fingerprint density at radius 2 is 2.12 bits per heavy atom. The maximum Gasteiger partial charge on any atom is 0.410 e. The molecule has 1 aliphatic carbocycles. The molecule has 92 valence electrons. The third-order valence-electron chi connectivity index (χ3n) is 3.59. The molecule has 3 rings (SSSR count). The molecule has 16 heavy (non-hydrogen) atoms. The van der Waals surface area contributed by atoms with Gasteiger partial charge in [-0.15, -0.1) is 0 Å². The SMILES string of the molecule is CC(C)(C)OC(=O)N1CC2(CCN)CC1C2. The Morgan fingerprint density at radius 3 is 2.62 bits per heavy atom. The van der Waals surface area contributed by atoms with Gasteiger partial charge in [0.2, 0.25) is 0 Å². The molecule has 2 N–H and O–H groups in total. The van der Waals surface area contributed by atoms with Gasteiger partial charge in [0.1, 0.15) is 5.60 Å². The molecule has 2 heterocycles. The summed E-state index contributed by atoms with van der Waals surface area (Å²) in [4.78, 5) is 13.8. The lowest BCUT2D eigenvalue weighted by Gasteiger charge is -2.36. The zero-order valence-electron chi connectivity index (χ0n) is 10.5. The van der Waals surface area contributed by atoms with E-state index in [1.165, 1.54) is 0 Å². The summed E-state index contributed by atoms with van der Waals surface area (Å²) >= 11 is 0. The molecule has 4 heteroatoms. The molecule has 3 aliphatic rings. The molecule has 0 atom stereocenters. The van der Waals surface area contributed by atoms with Crippen molar-refractivity contribution in [2.75, 3.05) is 13.1 Å². The number of ether oxygens (including phenoxy) is 1. The van der Waals surface area contributed by atoms with E-state index in [0.717, 1.165) is 32.4 Å². The first-order valence-electron chi connectivity index (χ1n) is 6.05. The van der Waals surface area contributed by atoms with E-state index in [9.17, 15) is 4.79 Å². The second-order valence-electron chi connectivity index (χ2n) is 6.21. The van der Waals surface area contributed by atoms with Crippen molar-refractivity contribution < 1.29 is 9.53 Å². The van der Waals surface area contributed by atoms with Crippen LogP contribution in [0.2, 0.25) is 0 Å². The van der Waals surface area contributed by atoms with E-state index in [2.05, 4.69) is 0 Å². The van der Waals surface area contributed by atoms with Crippen LogP contribution in [0.1, 0.15) is 40.0 Å². The van der Waals surface area contributed by atoms with Gasteiger partial charge in [0.15, 0.2) is 0 Å². The highest BCUT2D eigenvalue weighted by molar-refractivity contribution is 5.70. The average Bonchev–Trinajstić information content (AvgIpc) is 2.55. The highest BCUT2D eigenvalue weighted by Crippen LogP contribution is 2.53.